The highest BCUT2D eigenvalue weighted by Crippen LogP contribution is 2.08. The van der Waals surface area contributed by atoms with E-state index in [1.54, 1.807) is 0 Å². The smallest absolute Gasteiger partial charge is 0.127 e. The molecule has 1 aromatic carbocycles. The monoisotopic (exact) mass is 187 g/mol. The molecule has 0 unspecified atom stereocenters. The van der Waals surface area contributed by atoms with E-state index in [0.717, 1.165) is 18.2 Å². The Kier molecular flexibility index (Phi) is 3.79. The van der Waals surface area contributed by atoms with Crippen LogP contribution in [0.15, 0.2) is 18.2 Å². The minimum atomic E-state index is -0.435. The van der Waals surface area contributed by atoms with E-state index >= 15 is 0 Å². The van der Waals surface area contributed by atoms with Crippen molar-refractivity contribution in [2.45, 2.75) is 6.54 Å². The van der Waals surface area contributed by atoms with Crippen LogP contribution in [0.5, 0.6) is 0 Å². The normalized spacial score (nSPS) is 10.4. The van der Waals surface area contributed by atoms with Crippen LogP contribution in [-0.4, -0.2) is 13.8 Å². The number of benzene rings is 1. The molecule has 1 N–H and O–H groups in total. The van der Waals surface area contributed by atoms with Gasteiger partial charge < -0.3 is 4.74 Å². The van der Waals surface area contributed by atoms with Gasteiger partial charge in [0.05, 0.1) is 6.73 Å². The van der Waals surface area contributed by atoms with Crippen molar-refractivity contribution in [3.05, 3.63) is 35.4 Å². The summed E-state index contributed by atoms with van der Waals surface area (Å²) in [5.41, 5.74) is 0.303. The highest BCUT2D eigenvalue weighted by atomic mass is 19.1. The Balaban J connectivity index is 2.59. The maximum Gasteiger partial charge on any atom is 0.127 e. The molecule has 0 saturated carbocycles. The summed E-state index contributed by atoms with van der Waals surface area (Å²) >= 11 is 0. The number of methoxy groups -OCH3 is 1. The summed E-state index contributed by atoms with van der Waals surface area (Å²) in [5, 5.41) is 2.79. The maximum absolute atomic E-state index is 12.9. The molecule has 1 aromatic rings. The van der Waals surface area contributed by atoms with Crippen LogP contribution in [0.2, 0.25) is 0 Å². The zero-order chi connectivity index (χ0) is 9.68. The molecule has 1 rings (SSSR count). The molecule has 0 aliphatic heterocycles. The van der Waals surface area contributed by atoms with Crippen molar-refractivity contribution in [2.75, 3.05) is 13.8 Å². The first-order valence-corrected chi connectivity index (χ1v) is 3.87. The molecule has 0 saturated heterocycles. The van der Waals surface area contributed by atoms with Gasteiger partial charge in [-0.05, 0) is 18.2 Å². The highest BCUT2D eigenvalue weighted by Gasteiger charge is 2.02. The molecule has 0 radical (unpaired) electrons. The Morgan fingerprint density at radius 1 is 1.38 bits per heavy atom. The predicted octanol–water partition coefficient (Wildman–Crippen LogP) is 1.66. The molecular formula is C9H11F2NO. The molecule has 0 bridgehead atoms. The van der Waals surface area contributed by atoms with Gasteiger partial charge in [0.15, 0.2) is 0 Å². The molecule has 72 valence electrons. The first-order chi connectivity index (χ1) is 6.24. The van der Waals surface area contributed by atoms with E-state index in [2.05, 4.69) is 5.32 Å². The average Bonchev–Trinajstić information content (AvgIpc) is 2.11. The summed E-state index contributed by atoms with van der Waals surface area (Å²) in [4.78, 5) is 0. The molecule has 2 nitrogen and oxygen atoms in total. The fourth-order valence-corrected chi connectivity index (χ4v) is 0.967. The Labute approximate surface area is 75.5 Å². The van der Waals surface area contributed by atoms with Crippen LogP contribution >= 0.6 is 0 Å². The van der Waals surface area contributed by atoms with Crippen molar-refractivity contribution in [1.82, 2.24) is 5.32 Å². The fourth-order valence-electron chi connectivity index (χ4n) is 0.967. The van der Waals surface area contributed by atoms with Gasteiger partial charge >= 0.3 is 0 Å². The third kappa shape index (κ3) is 3.08. The summed E-state index contributed by atoms with van der Waals surface area (Å²) in [6.07, 6.45) is 0. The predicted molar refractivity (Wildman–Crippen MR) is 45.1 cm³/mol. The summed E-state index contributed by atoms with van der Waals surface area (Å²) in [7, 11) is 1.52. The van der Waals surface area contributed by atoms with E-state index in [-0.39, 0.29) is 6.54 Å². The number of hydrogen-bond donors (Lipinski definition) is 1. The quantitative estimate of drug-likeness (QED) is 0.571. The first-order valence-electron chi connectivity index (χ1n) is 3.87. The number of rotatable bonds is 4. The van der Waals surface area contributed by atoms with Gasteiger partial charge in [0, 0.05) is 19.2 Å². The van der Waals surface area contributed by atoms with E-state index in [1.165, 1.54) is 7.11 Å². The lowest BCUT2D eigenvalue weighted by Gasteiger charge is -2.04. The van der Waals surface area contributed by atoms with E-state index < -0.39 is 11.6 Å². The lowest BCUT2D eigenvalue weighted by Crippen LogP contribution is -2.16. The van der Waals surface area contributed by atoms with Crippen LogP contribution in [0, 0.1) is 11.6 Å². The SMILES string of the molecule is COCNCc1cc(F)ccc1F. The second-order valence-corrected chi connectivity index (χ2v) is 2.60. The van der Waals surface area contributed by atoms with Crippen molar-refractivity contribution < 1.29 is 13.5 Å². The Morgan fingerprint density at radius 2 is 2.15 bits per heavy atom. The number of ether oxygens (including phenoxy) is 1. The summed E-state index contributed by atoms with van der Waals surface area (Å²) in [5.74, 6) is -0.847. The number of nitrogens with one attached hydrogen (secondary N) is 1. The minimum absolute atomic E-state index is 0.261. The molecule has 0 aliphatic rings. The van der Waals surface area contributed by atoms with Gasteiger partial charge in [-0.15, -0.1) is 0 Å². The Bertz CT molecular complexity index is 278. The van der Waals surface area contributed by atoms with E-state index in [0.29, 0.717) is 12.3 Å². The van der Waals surface area contributed by atoms with Gasteiger partial charge in [-0.3, -0.25) is 5.32 Å². The largest absolute Gasteiger partial charge is 0.370 e. The molecule has 0 aliphatic carbocycles. The van der Waals surface area contributed by atoms with Crippen LogP contribution in [0.25, 0.3) is 0 Å². The van der Waals surface area contributed by atoms with Gasteiger partial charge in [-0.25, -0.2) is 8.78 Å². The van der Waals surface area contributed by atoms with Crippen LogP contribution in [0.1, 0.15) is 5.56 Å². The lowest BCUT2D eigenvalue weighted by atomic mass is 10.2. The topological polar surface area (TPSA) is 21.3 Å². The van der Waals surface area contributed by atoms with Crippen LogP contribution in [-0.2, 0) is 11.3 Å². The molecule has 4 heteroatoms. The Hall–Kier alpha value is -1.00. The molecule has 0 fully saturated rings. The van der Waals surface area contributed by atoms with E-state index in [4.69, 9.17) is 4.74 Å². The lowest BCUT2D eigenvalue weighted by molar-refractivity contribution is 0.174. The standard InChI is InChI=1S/C9H11F2NO/c1-13-6-12-5-7-4-8(10)2-3-9(7)11/h2-4,12H,5-6H2,1H3. The molecule has 0 atom stereocenters. The zero-order valence-corrected chi connectivity index (χ0v) is 7.31. The zero-order valence-electron chi connectivity index (χ0n) is 7.31. The molecular weight excluding hydrogens is 176 g/mol. The van der Waals surface area contributed by atoms with Gasteiger partial charge in [0.2, 0.25) is 0 Å². The summed E-state index contributed by atoms with van der Waals surface area (Å²) in [6.45, 7) is 0.577. The van der Waals surface area contributed by atoms with Crippen molar-refractivity contribution in [3.63, 3.8) is 0 Å². The molecule has 0 heterocycles. The van der Waals surface area contributed by atoms with Gasteiger partial charge in [0.25, 0.3) is 0 Å². The minimum Gasteiger partial charge on any atom is -0.370 e. The molecule has 0 spiro atoms. The van der Waals surface area contributed by atoms with Crippen molar-refractivity contribution >= 4 is 0 Å². The first kappa shape index (κ1) is 10.1. The van der Waals surface area contributed by atoms with E-state index in [1.807, 2.05) is 0 Å². The third-order valence-electron chi connectivity index (χ3n) is 1.57. The van der Waals surface area contributed by atoms with Gasteiger partial charge in [-0.2, -0.15) is 0 Å². The second-order valence-electron chi connectivity index (χ2n) is 2.60. The third-order valence-corrected chi connectivity index (χ3v) is 1.57. The second kappa shape index (κ2) is 4.89. The molecule has 0 aromatic heterocycles. The average molecular weight is 187 g/mol. The highest BCUT2D eigenvalue weighted by molar-refractivity contribution is 5.18. The number of hydrogen-bond acceptors (Lipinski definition) is 2. The number of halogens is 2. The molecule has 0 amide bonds. The van der Waals surface area contributed by atoms with Crippen molar-refractivity contribution in [2.24, 2.45) is 0 Å². The maximum atomic E-state index is 12.9. The summed E-state index contributed by atoms with van der Waals surface area (Å²) in [6, 6.07) is 3.37. The Morgan fingerprint density at radius 3 is 2.85 bits per heavy atom. The fraction of sp³-hybridized carbons (Fsp3) is 0.333. The van der Waals surface area contributed by atoms with Crippen molar-refractivity contribution in [3.8, 4) is 0 Å². The van der Waals surface area contributed by atoms with Crippen LogP contribution in [0.4, 0.5) is 8.78 Å². The molecule has 13 heavy (non-hydrogen) atoms. The van der Waals surface area contributed by atoms with Crippen LogP contribution in [0.3, 0.4) is 0 Å². The summed E-state index contributed by atoms with van der Waals surface area (Å²) < 4.78 is 30.3. The van der Waals surface area contributed by atoms with Gasteiger partial charge in [0.1, 0.15) is 11.6 Å². The van der Waals surface area contributed by atoms with Gasteiger partial charge in [-0.1, -0.05) is 0 Å². The van der Waals surface area contributed by atoms with Crippen molar-refractivity contribution in [1.29, 1.82) is 0 Å². The van der Waals surface area contributed by atoms with Crippen LogP contribution < -0.4 is 5.32 Å². The van der Waals surface area contributed by atoms with E-state index in [9.17, 15) is 8.78 Å².